The Kier molecular flexibility index (Phi) is 6.25. The average Bonchev–Trinajstić information content (AvgIpc) is 2.97. The van der Waals surface area contributed by atoms with Gasteiger partial charge in [-0.15, -0.1) is 0 Å². The van der Waals surface area contributed by atoms with Gasteiger partial charge in [0.25, 0.3) is 11.8 Å². The van der Waals surface area contributed by atoms with Gasteiger partial charge < -0.3 is 5.32 Å². The van der Waals surface area contributed by atoms with E-state index in [2.05, 4.69) is 5.32 Å². The maximum absolute atomic E-state index is 13.5. The third-order valence-corrected chi connectivity index (χ3v) is 6.55. The van der Waals surface area contributed by atoms with Gasteiger partial charge in [-0.3, -0.25) is 9.59 Å². The predicted molar refractivity (Wildman–Crippen MR) is 123 cm³/mol. The first-order valence-electron chi connectivity index (χ1n) is 8.89. The molecule has 1 aliphatic rings. The van der Waals surface area contributed by atoms with Crippen LogP contribution in [-0.2, 0) is 9.59 Å². The molecule has 156 valence electrons. The summed E-state index contributed by atoms with van der Waals surface area (Å²) in [6.07, 6.45) is 0. The van der Waals surface area contributed by atoms with Crippen LogP contribution >= 0.6 is 46.6 Å². The molecule has 2 amide bonds. The molecule has 4 nitrogen and oxygen atoms in total. The average molecular weight is 494 g/mol. The fourth-order valence-electron chi connectivity index (χ4n) is 2.92. The minimum atomic E-state index is -0.618. The lowest BCUT2D eigenvalue weighted by Gasteiger charge is -2.17. The molecule has 0 radical (unpaired) electrons. The van der Waals surface area contributed by atoms with Gasteiger partial charge in [0.05, 0.1) is 20.8 Å². The Hall–Kier alpha value is -2.51. The Balaban J connectivity index is 1.78. The Bertz CT molecular complexity index is 1230. The minimum Gasteiger partial charge on any atom is -0.350 e. The molecule has 0 bridgehead atoms. The highest BCUT2D eigenvalue weighted by molar-refractivity contribution is 8.04. The van der Waals surface area contributed by atoms with Crippen LogP contribution in [0.15, 0.2) is 82.2 Å². The van der Waals surface area contributed by atoms with Crippen molar-refractivity contribution >= 4 is 69.8 Å². The number of anilines is 2. The summed E-state index contributed by atoms with van der Waals surface area (Å²) in [6, 6.07) is 17.7. The number of carbonyl (C=O) groups excluding carboxylic acids is 2. The van der Waals surface area contributed by atoms with E-state index in [4.69, 9.17) is 34.8 Å². The number of benzene rings is 3. The van der Waals surface area contributed by atoms with Gasteiger partial charge >= 0.3 is 0 Å². The van der Waals surface area contributed by atoms with E-state index in [1.807, 2.05) is 30.3 Å². The summed E-state index contributed by atoms with van der Waals surface area (Å²) >= 11 is 19.4. The maximum Gasteiger partial charge on any atom is 0.283 e. The minimum absolute atomic E-state index is 0.0255. The normalized spacial score (nSPS) is 13.9. The molecule has 3 aromatic rings. The number of amides is 2. The first-order chi connectivity index (χ1) is 14.9. The Morgan fingerprint density at radius 1 is 0.839 bits per heavy atom. The zero-order valence-corrected chi connectivity index (χ0v) is 18.6. The van der Waals surface area contributed by atoms with Gasteiger partial charge in [0, 0.05) is 10.6 Å². The summed E-state index contributed by atoms with van der Waals surface area (Å²) in [7, 11) is 0. The second kappa shape index (κ2) is 8.93. The van der Waals surface area contributed by atoms with Crippen LogP contribution in [0.3, 0.4) is 0 Å². The van der Waals surface area contributed by atoms with Crippen molar-refractivity contribution in [2.24, 2.45) is 0 Å². The van der Waals surface area contributed by atoms with Crippen LogP contribution in [0.5, 0.6) is 0 Å². The number of rotatable bonds is 5. The molecule has 3 aromatic carbocycles. The smallest absolute Gasteiger partial charge is 0.283 e. The van der Waals surface area contributed by atoms with Gasteiger partial charge in [0.1, 0.15) is 16.4 Å². The summed E-state index contributed by atoms with van der Waals surface area (Å²) in [5.41, 5.74) is 0.551. The molecule has 0 unspecified atom stereocenters. The van der Waals surface area contributed by atoms with Crippen molar-refractivity contribution < 1.29 is 14.0 Å². The van der Waals surface area contributed by atoms with Crippen LogP contribution in [0.25, 0.3) is 0 Å². The lowest BCUT2D eigenvalue weighted by molar-refractivity contribution is -0.120. The molecule has 0 spiro atoms. The number of hydrogen-bond donors (Lipinski definition) is 1. The largest absolute Gasteiger partial charge is 0.350 e. The third kappa shape index (κ3) is 4.29. The van der Waals surface area contributed by atoms with E-state index in [1.54, 1.807) is 12.1 Å². The van der Waals surface area contributed by atoms with Crippen molar-refractivity contribution in [1.82, 2.24) is 0 Å². The van der Waals surface area contributed by atoms with Gasteiger partial charge in [-0.2, -0.15) is 0 Å². The zero-order chi connectivity index (χ0) is 22.1. The molecule has 0 aromatic heterocycles. The fraction of sp³-hybridized carbons (Fsp3) is 0. The molecular formula is C22H12Cl3FN2O2S. The standard InChI is InChI=1S/C22H12Cl3FN2O2S/c23-14-7-4-8-17(18(14)25)28-21(29)19(27-12-9-10-16(26)15(24)11-12)20(22(28)30)31-13-5-2-1-3-6-13/h1-11,27H. The summed E-state index contributed by atoms with van der Waals surface area (Å²) in [5.74, 6) is -1.77. The van der Waals surface area contributed by atoms with E-state index in [0.29, 0.717) is 5.69 Å². The van der Waals surface area contributed by atoms with Crippen LogP contribution in [0.1, 0.15) is 0 Å². The van der Waals surface area contributed by atoms with Crippen molar-refractivity contribution in [2.75, 3.05) is 10.2 Å². The highest BCUT2D eigenvalue weighted by Gasteiger charge is 2.41. The number of hydrogen-bond acceptors (Lipinski definition) is 4. The molecule has 1 N–H and O–H groups in total. The Morgan fingerprint density at radius 3 is 2.29 bits per heavy atom. The van der Waals surface area contributed by atoms with Gasteiger partial charge in [-0.25, -0.2) is 9.29 Å². The van der Waals surface area contributed by atoms with Gasteiger partial charge in [0.2, 0.25) is 0 Å². The number of imide groups is 1. The molecule has 0 aliphatic carbocycles. The number of nitrogens with one attached hydrogen (secondary N) is 1. The monoisotopic (exact) mass is 492 g/mol. The van der Waals surface area contributed by atoms with E-state index in [9.17, 15) is 14.0 Å². The van der Waals surface area contributed by atoms with E-state index < -0.39 is 17.6 Å². The van der Waals surface area contributed by atoms with E-state index in [-0.39, 0.29) is 31.4 Å². The molecule has 0 atom stereocenters. The predicted octanol–water partition coefficient (Wildman–Crippen LogP) is 6.78. The number of halogens is 4. The van der Waals surface area contributed by atoms with Crippen LogP contribution in [0.4, 0.5) is 15.8 Å². The second-order valence-corrected chi connectivity index (χ2v) is 8.67. The molecule has 1 aliphatic heterocycles. The molecule has 1 heterocycles. The van der Waals surface area contributed by atoms with Crippen molar-refractivity contribution in [3.8, 4) is 0 Å². The number of thioether (sulfide) groups is 1. The van der Waals surface area contributed by atoms with Crippen molar-refractivity contribution in [1.29, 1.82) is 0 Å². The third-order valence-electron chi connectivity index (χ3n) is 4.37. The Labute approximate surface area is 196 Å². The topological polar surface area (TPSA) is 49.4 Å². The van der Waals surface area contributed by atoms with Crippen molar-refractivity contribution in [3.05, 3.63) is 98.2 Å². The van der Waals surface area contributed by atoms with E-state index in [1.165, 1.54) is 24.3 Å². The van der Waals surface area contributed by atoms with Crippen LogP contribution < -0.4 is 10.2 Å². The molecule has 0 saturated carbocycles. The molecule has 0 fully saturated rings. The van der Waals surface area contributed by atoms with E-state index >= 15 is 0 Å². The SMILES string of the molecule is O=C1C(Nc2ccc(F)c(Cl)c2)=C(Sc2ccccc2)C(=O)N1c1cccc(Cl)c1Cl. The summed E-state index contributed by atoms with van der Waals surface area (Å²) < 4.78 is 13.5. The summed E-state index contributed by atoms with van der Waals surface area (Å²) in [6.45, 7) is 0. The van der Waals surface area contributed by atoms with Crippen molar-refractivity contribution in [2.45, 2.75) is 4.90 Å². The summed E-state index contributed by atoms with van der Waals surface area (Å²) in [4.78, 5) is 28.5. The quantitative estimate of drug-likeness (QED) is 0.398. The first-order valence-corrected chi connectivity index (χ1v) is 10.8. The molecule has 9 heteroatoms. The highest BCUT2D eigenvalue weighted by Crippen LogP contribution is 2.41. The Morgan fingerprint density at radius 2 is 1.58 bits per heavy atom. The van der Waals surface area contributed by atoms with Crippen LogP contribution in [-0.4, -0.2) is 11.8 Å². The highest BCUT2D eigenvalue weighted by atomic mass is 35.5. The zero-order valence-electron chi connectivity index (χ0n) is 15.5. The second-order valence-electron chi connectivity index (χ2n) is 6.39. The van der Waals surface area contributed by atoms with Crippen LogP contribution in [0.2, 0.25) is 15.1 Å². The summed E-state index contributed by atoms with van der Waals surface area (Å²) in [5, 5.41) is 3.09. The van der Waals surface area contributed by atoms with Gasteiger partial charge in [-0.05, 0) is 42.5 Å². The lowest BCUT2D eigenvalue weighted by atomic mass is 10.2. The molecule has 4 rings (SSSR count). The molecular weight excluding hydrogens is 482 g/mol. The van der Waals surface area contributed by atoms with Gasteiger partial charge in [-0.1, -0.05) is 70.8 Å². The molecule has 0 saturated heterocycles. The molecule has 31 heavy (non-hydrogen) atoms. The van der Waals surface area contributed by atoms with E-state index in [0.717, 1.165) is 21.6 Å². The fourth-order valence-corrected chi connectivity index (χ4v) is 4.43. The number of nitrogens with zero attached hydrogens (tertiary/aromatic N) is 1. The first kappa shape index (κ1) is 21.7. The van der Waals surface area contributed by atoms with Crippen molar-refractivity contribution in [3.63, 3.8) is 0 Å². The lowest BCUT2D eigenvalue weighted by Crippen LogP contribution is -2.32. The maximum atomic E-state index is 13.5. The van der Waals surface area contributed by atoms with Crippen LogP contribution in [0, 0.1) is 5.82 Å². The van der Waals surface area contributed by atoms with Gasteiger partial charge in [0.15, 0.2) is 0 Å². The number of carbonyl (C=O) groups is 2.